The van der Waals surface area contributed by atoms with Gasteiger partial charge in [0.15, 0.2) is 0 Å². The van der Waals surface area contributed by atoms with Gasteiger partial charge in [-0.15, -0.1) is 0 Å². The molecule has 1 saturated heterocycles. The van der Waals surface area contributed by atoms with E-state index in [4.69, 9.17) is 0 Å². The molecule has 0 bridgehead atoms. The number of carbonyl (C=O) groups is 1. The lowest BCUT2D eigenvalue weighted by Crippen LogP contribution is -2.24. The minimum absolute atomic E-state index is 0.0642. The summed E-state index contributed by atoms with van der Waals surface area (Å²) in [5.41, 5.74) is 1.35. The predicted molar refractivity (Wildman–Crippen MR) is 66.6 cm³/mol. The standard InChI is InChI=1S/C12H11N3OS/c1-2-15-11(16)8-17-12(15)10(7-13)9-3-5-14-6-4-9/h3-6H,2,8H2,1H3/b12-10-. The highest BCUT2D eigenvalue weighted by molar-refractivity contribution is 8.04. The Kier molecular flexibility index (Phi) is 3.45. The Morgan fingerprint density at radius 3 is 2.88 bits per heavy atom. The van der Waals surface area contributed by atoms with Gasteiger partial charge < -0.3 is 4.90 Å². The van der Waals surface area contributed by atoms with Gasteiger partial charge in [-0.05, 0) is 24.6 Å². The largest absolute Gasteiger partial charge is 0.305 e. The molecule has 17 heavy (non-hydrogen) atoms. The molecule has 0 aromatic carbocycles. The van der Waals surface area contributed by atoms with E-state index in [1.54, 1.807) is 29.4 Å². The molecular weight excluding hydrogens is 234 g/mol. The van der Waals surface area contributed by atoms with Gasteiger partial charge in [-0.3, -0.25) is 9.78 Å². The molecule has 5 heteroatoms. The fourth-order valence-corrected chi connectivity index (χ4v) is 2.79. The topological polar surface area (TPSA) is 57.0 Å². The third-order valence-electron chi connectivity index (χ3n) is 2.49. The molecule has 4 nitrogen and oxygen atoms in total. The molecule has 1 amide bonds. The number of nitrogens with zero attached hydrogens (tertiary/aromatic N) is 3. The lowest BCUT2D eigenvalue weighted by molar-refractivity contribution is -0.125. The van der Waals surface area contributed by atoms with Crippen molar-refractivity contribution in [2.45, 2.75) is 6.92 Å². The highest BCUT2D eigenvalue weighted by Gasteiger charge is 2.28. The summed E-state index contributed by atoms with van der Waals surface area (Å²) in [6, 6.07) is 5.74. The van der Waals surface area contributed by atoms with Crippen molar-refractivity contribution in [1.82, 2.24) is 9.88 Å². The summed E-state index contributed by atoms with van der Waals surface area (Å²) < 4.78 is 0. The number of hydrogen-bond acceptors (Lipinski definition) is 4. The Hall–Kier alpha value is -1.80. The molecule has 0 radical (unpaired) electrons. The van der Waals surface area contributed by atoms with Crippen molar-refractivity contribution in [1.29, 1.82) is 5.26 Å². The van der Waals surface area contributed by atoms with Crippen molar-refractivity contribution in [3.05, 3.63) is 35.1 Å². The summed E-state index contributed by atoms with van der Waals surface area (Å²) in [4.78, 5) is 17.2. The number of hydrogen-bond donors (Lipinski definition) is 0. The molecule has 1 fully saturated rings. The fourth-order valence-electron chi connectivity index (χ4n) is 1.68. The zero-order valence-electron chi connectivity index (χ0n) is 9.38. The zero-order valence-corrected chi connectivity index (χ0v) is 10.2. The van der Waals surface area contributed by atoms with Crippen molar-refractivity contribution in [3.63, 3.8) is 0 Å². The second-order valence-electron chi connectivity index (χ2n) is 3.45. The van der Waals surface area contributed by atoms with E-state index >= 15 is 0 Å². The van der Waals surface area contributed by atoms with Gasteiger partial charge in [0, 0.05) is 18.9 Å². The average molecular weight is 245 g/mol. The van der Waals surface area contributed by atoms with Gasteiger partial charge in [0.05, 0.1) is 16.4 Å². The SMILES string of the molecule is CCN1C(=O)CS/C1=C(/C#N)c1ccncc1. The Balaban J connectivity index is 2.49. The molecule has 1 aromatic rings. The molecule has 0 aliphatic carbocycles. The fraction of sp³-hybridized carbons (Fsp3) is 0.250. The predicted octanol–water partition coefficient (Wildman–Crippen LogP) is 1.87. The van der Waals surface area contributed by atoms with Crippen LogP contribution in [0.5, 0.6) is 0 Å². The molecule has 0 unspecified atom stereocenters. The first-order valence-corrected chi connectivity index (χ1v) is 6.24. The first-order chi connectivity index (χ1) is 8.27. The number of aromatic nitrogens is 1. The van der Waals surface area contributed by atoms with Gasteiger partial charge in [-0.25, -0.2) is 0 Å². The van der Waals surface area contributed by atoms with Crippen molar-refractivity contribution in [3.8, 4) is 6.07 Å². The van der Waals surface area contributed by atoms with Crippen LogP contribution in [0.25, 0.3) is 5.57 Å². The summed E-state index contributed by atoms with van der Waals surface area (Å²) in [5, 5.41) is 10.0. The van der Waals surface area contributed by atoms with E-state index in [1.165, 1.54) is 11.8 Å². The molecule has 2 heterocycles. The summed E-state index contributed by atoms with van der Waals surface area (Å²) in [6.07, 6.45) is 3.29. The minimum Gasteiger partial charge on any atom is -0.305 e. The van der Waals surface area contributed by atoms with Crippen LogP contribution in [0.4, 0.5) is 0 Å². The van der Waals surface area contributed by atoms with Crippen molar-refractivity contribution >= 4 is 23.2 Å². The van der Waals surface area contributed by atoms with Crippen LogP contribution in [0.15, 0.2) is 29.6 Å². The van der Waals surface area contributed by atoms with Crippen LogP contribution in [0.3, 0.4) is 0 Å². The number of nitriles is 1. The zero-order chi connectivity index (χ0) is 12.3. The monoisotopic (exact) mass is 245 g/mol. The highest BCUT2D eigenvalue weighted by atomic mass is 32.2. The van der Waals surface area contributed by atoms with Crippen LogP contribution in [0.1, 0.15) is 12.5 Å². The van der Waals surface area contributed by atoms with Gasteiger partial charge in [0.2, 0.25) is 5.91 Å². The number of rotatable bonds is 2. The molecular formula is C12H11N3OS. The molecule has 86 valence electrons. The number of allylic oxidation sites excluding steroid dienone is 1. The molecule has 1 aliphatic rings. The lowest BCUT2D eigenvalue weighted by atomic mass is 10.1. The summed E-state index contributed by atoms with van der Waals surface area (Å²) in [7, 11) is 0. The quantitative estimate of drug-likeness (QED) is 0.746. The summed E-state index contributed by atoms with van der Waals surface area (Å²) in [6.45, 7) is 2.50. The maximum absolute atomic E-state index is 11.6. The normalized spacial score (nSPS) is 18.1. The van der Waals surface area contributed by atoms with E-state index in [2.05, 4.69) is 11.1 Å². The maximum Gasteiger partial charge on any atom is 0.237 e. The first kappa shape index (κ1) is 11.7. The maximum atomic E-state index is 11.6. The molecule has 0 atom stereocenters. The second-order valence-corrected chi connectivity index (χ2v) is 4.42. The Labute approximate surface area is 104 Å². The van der Waals surface area contributed by atoms with E-state index in [0.717, 1.165) is 10.6 Å². The van der Waals surface area contributed by atoms with Crippen molar-refractivity contribution < 1.29 is 4.79 Å². The van der Waals surface area contributed by atoms with E-state index in [0.29, 0.717) is 17.9 Å². The lowest BCUT2D eigenvalue weighted by Gasteiger charge is -2.15. The smallest absolute Gasteiger partial charge is 0.237 e. The van der Waals surface area contributed by atoms with Crippen LogP contribution in [0, 0.1) is 11.3 Å². The highest BCUT2D eigenvalue weighted by Crippen LogP contribution is 2.34. The summed E-state index contributed by atoms with van der Waals surface area (Å²) >= 11 is 1.42. The number of thioether (sulfide) groups is 1. The van der Waals surface area contributed by atoms with Gasteiger partial charge in [0.25, 0.3) is 0 Å². The number of pyridine rings is 1. The average Bonchev–Trinajstić information content (AvgIpc) is 2.73. The van der Waals surface area contributed by atoms with Crippen LogP contribution >= 0.6 is 11.8 Å². The number of carbonyl (C=O) groups excluding carboxylic acids is 1. The molecule has 1 aromatic heterocycles. The van der Waals surface area contributed by atoms with E-state index in [1.807, 2.05) is 6.92 Å². The van der Waals surface area contributed by atoms with Crippen molar-refractivity contribution in [2.24, 2.45) is 0 Å². The Morgan fingerprint density at radius 2 is 2.29 bits per heavy atom. The van der Waals surface area contributed by atoms with Gasteiger partial charge >= 0.3 is 0 Å². The van der Waals surface area contributed by atoms with Gasteiger partial charge in [-0.2, -0.15) is 5.26 Å². The summed E-state index contributed by atoms with van der Waals surface area (Å²) in [5.74, 6) is 0.480. The molecule has 0 N–H and O–H groups in total. The van der Waals surface area contributed by atoms with Crippen LogP contribution < -0.4 is 0 Å². The second kappa shape index (κ2) is 5.02. The van der Waals surface area contributed by atoms with Gasteiger partial charge in [0.1, 0.15) is 6.07 Å². The molecule has 0 saturated carbocycles. The van der Waals surface area contributed by atoms with Gasteiger partial charge in [-0.1, -0.05) is 11.8 Å². The van der Waals surface area contributed by atoms with E-state index in [-0.39, 0.29) is 5.91 Å². The third-order valence-corrected chi connectivity index (χ3v) is 3.58. The van der Waals surface area contributed by atoms with Crippen LogP contribution in [-0.4, -0.2) is 28.1 Å². The van der Waals surface area contributed by atoms with E-state index in [9.17, 15) is 10.1 Å². The Bertz CT molecular complexity index is 504. The first-order valence-electron chi connectivity index (χ1n) is 5.26. The van der Waals surface area contributed by atoms with Crippen molar-refractivity contribution in [2.75, 3.05) is 12.3 Å². The van der Waals surface area contributed by atoms with E-state index < -0.39 is 0 Å². The minimum atomic E-state index is 0.0642. The number of amides is 1. The van der Waals surface area contributed by atoms with Crippen LogP contribution in [0.2, 0.25) is 0 Å². The van der Waals surface area contributed by atoms with Crippen LogP contribution in [-0.2, 0) is 4.79 Å². The third kappa shape index (κ3) is 2.17. The molecule has 0 spiro atoms. The molecule has 2 rings (SSSR count). The molecule has 1 aliphatic heterocycles. The Morgan fingerprint density at radius 1 is 1.59 bits per heavy atom.